The van der Waals surface area contributed by atoms with Crippen LogP contribution in [-0.4, -0.2) is 13.1 Å². The Morgan fingerprint density at radius 3 is 2.62 bits per heavy atom. The Labute approximate surface area is 97.3 Å². The van der Waals surface area contributed by atoms with Crippen LogP contribution in [0.3, 0.4) is 0 Å². The van der Waals surface area contributed by atoms with Crippen LogP contribution < -0.4 is 10.6 Å². The molecule has 0 atom stereocenters. The van der Waals surface area contributed by atoms with Crippen molar-refractivity contribution in [3.63, 3.8) is 0 Å². The van der Waals surface area contributed by atoms with Crippen molar-refractivity contribution in [1.82, 2.24) is 0 Å². The SMILES string of the molecule is CCCCN(CC)c1cccc(F)c1CN. The maximum atomic E-state index is 13.6. The van der Waals surface area contributed by atoms with E-state index in [-0.39, 0.29) is 12.4 Å². The molecule has 90 valence electrons. The standard InChI is InChI=1S/C13H21FN2/c1-3-5-9-16(4-2)13-8-6-7-12(14)11(13)10-15/h6-8H,3-5,9-10,15H2,1-2H3. The minimum Gasteiger partial charge on any atom is -0.371 e. The lowest BCUT2D eigenvalue weighted by Gasteiger charge is -2.25. The van der Waals surface area contributed by atoms with Gasteiger partial charge in [0.05, 0.1) is 0 Å². The predicted octanol–water partition coefficient (Wildman–Crippen LogP) is 2.91. The number of unbranched alkanes of at least 4 members (excludes halogenated alkanes) is 1. The number of nitrogens with two attached hydrogens (primary N) is 1. The summed E-state index contributed by atoms with van der Waals surface area (Å²) in [5.74, 6) is -0.199. The summed E-state index contributed by atoms with van der Waals surface area (Å²) in [4.78, 5) is 2.19. The molecule has 0 fully saturated rings. The normalized spacial score (nSPS) is 10.5. The summed E-state index contributed by atoms with van der Waals surface area (Å²) < 4.78 is 13.6. The van der Waals surface area contributed by atoms with Gasteiger partial charge in [0.25, 0.3) is 0 Å². The number of hydrogen-bond donors (Lipinski definition) is 1. The van der Waals surface area contributed by atoms with Crippen LogP contribution in [0.5, 0.6) is 0 Å². The molecular weight excluding hydrogens is 203 g/mol. The topological polar surface area (TPSA) is 29.3 Å². The third-order valence-electron chi connectivity index (χ3n) is 2.80. The molecule has 0 radical (unpaired) electrons. The molecule has 0 aliphatic rings. The third kappa shape index (κ3) is 2.95. The largest absolute Gasteiger partial charge is 0.371 e. The first-order chi connectivity index (χ1) is 7.74. The molecule has 1 aromatic rings. The Morgan fingerprint density at radius 1 is 1.31 bits per heavy atom. The smallest absolute Gasteiger partial charge is 0.129 e. The van der Waals surface area contributed by atoms with Gasteiger partial charge in [0.2, 0.25) is 0 Å². The van der Waals surface area contributed by atoms with Crippen LogP contribution in [0, 0.1) is 5.82 Å². The summed E-state index contributed by atoms with van der Waals surface area (Å²) in [6.07, 6.45) is 2.26. The molecule has 1 rings (SSSR count). The average molecular weight is 224 g/mol. The summed E-state index contributed by atoms with van der Waals surface area (Å²) in [5.41, 5.74) is 7.17. The second-order valence-corrected chi connectivity index (χ2v) is 3.87. The quantitative estimate of drug-likeness (QED) is 0.805. The van der Waals surface area contributed by atoms with Crippen molar-refractivity contribution in [2.24, 2.45) is 5.73 Å². The maximum Gasteiger partial charge on any atom is 0.129 e. The summed E-state index contributed by atoms with van der Waals surface area (Å²) in [6.45, 7) is 6.34. The van der Waals surface area contributed by atoms with Crippen LogP contribution in [-0.2, 0) is 6.54 Å². The number of halogens is 1. The second-order valence-electron chi connectivity index (χ2n) is 3.87. The van der Waals surface area contributed by atoms with Crippen LogP contribution >= 0.6 is 0 Å². The van der Waals surface area contributed by atoms with E-state index in [4.69, 9.17) is 5.73 Å². The molecule has 0 aromatic heterocycles. The van der Waals surface area contributed by atoms with E-state index in [1.165, 1.54) is 6.07 Å². The molecule has 0 heterocycles. The lowest BCUT2D eigenvalue weighted by molar-refractivity contribution is 0.608. The van der Waals surface area contributed by atoms with Crippen molar-refractivity contribution in [2.75, 3.05) is 18.0 Å². The lowest BCUT2D eigenvalue weighted by atomic mass is 10.1. The fourth-order valence-electron chi connectivity index (χ4n) is 1.84. The molecule has 0 amide bonds. The molecule has 0 aliphatic carbocycles. The van der Waals surface area contributed by atoms with Crippen molar-refractivity contribution in [2.45, 2.75) is 33.2 Å². The van der Waals surface area contributed by atoms with E-state index < -0.39 is 0 Å². The summed E-state index contributed by atoms with van der Waals surface area (Å²) >= 11 is 0. The van der Waals surface area contributed by atoms with Crippen molar-refractivity contribution < 1.29 is 4.39 Å². The number of nitrogens with zero attached hydrogens (tertiary/aromatic N) is 1. The monoisotopic (exact) mass is 224 g/mol. The summed E-state index contributed by atoms with van der Waals surface area (Å²) in [6, 6.07) is 5.17. The minimum atomic E-state index is -0.199. The van der Waals surface area contributed by atoms with Crippen LogP contribution in [0.4, 0.5) is 10.1 Å². The Balaban J connectivity index is 2.94. The molecule has 0 spiro atoms. The zero-order chi connectivity index (χ0) is 12.0. The lowest BCUT2D eigenvalue weighted by Crippen LogP contribution is -2.26. The van der Waals surface area contributed by atoms with Gasteiger partial charge >= 0.3 is 0 Å². The van der Waals surface area contributed by atoms with Crippen molar-refractivity contribution in [3.05, 3.63) is 29.6 Å². The molecule has 0 aliphatic heterocycles. The van der Waals surface area contributed by atoms with Gasteiger partial charge in [-0.15, -0.1) is 0 Å². The summed E-state index contributed by atoms with van der Waals surface area (Å²) in [5, 5.41) is 0. The second kappa shape index (κ2) is 6.48. The molecule has 1 aromatic carbocycles. The van der Waals surface area contributed by atoms with Gasteiger partial charge in [-0.3, -0.25) is 0 Å². The molecule has 2 nitrogen and oxygen atoms in total. The van der Waals surface area contributed by atoms with Gasteiger partial charge in [-0.25, -0.2) is 4.39 Å². The van der Waals surface area contributed by atoms with Gasteiger partial charge in [0.15, 0.2) is 0 Å². The first-order valence-electron chi connectivity index (χ1n) is 5.97. The average Bonchev–Trinajstić information content (AvgIpc) is 2.30. The first kappa shape index (κ1) is 13.0. The van der Waals surface area contributed by atoms with Gasteiger partial charge < -0.3 is 10.6 Å². The number of anilines is 1. The zero-order valence-electron chi connectivity index (χ0n) is 10.2. The minimum absolute atomic E-state index is 0.199. The van der Waals surface area contributed by atoms with Crippen LogP contribution in [0.2, 0.25) is 0 Å². The predicted molar refractivity (Wildman–Crippen MR) is 67.1 cm³/mol. The van der Waals surface area contributed by atoms with E-state index in [2.05, 4.69) is 18.7 Å². The molecular formula is C13H21FN2. The molecule has 0 unspecified atom stereocenters. The molecule has 2 N–H and O–H groups in total. The van der Waals surface area contributed by atoms with Crippen LogP contribution in [0.15, 0.2) is 18.2 Å². The van der Waals surface area contributed by atoms with E-state index >= 15 is 0 Å². The highest BCUT2D eigenvalue weighted by atomic mass is 19.1. The highest BCUT2D eigenvalue weighted by molar-refractivity contribution is 5.54. The van der Waals surface area contributed by atoms with E-state index in [0.717, 1.165) is 31.6 Å². The number of benzene rings is 1. The summed E-state index contributed by atoms with van der Waals surface area (Å²) in [7, 11) is 0. The molecule has 16 heavy (non-hydrogen) atoms. The van der Waals surface area contributed by atoms with Crippen molar-refractivity contribution in [3.8, 4) is 0 Å². The van der Waals surface area contributed by atoms with Gasteiger partial charge in [-0.1, -0.05) is 19.4 Å². The van der Waals surface area contributed by atoms with Crippen LogP contribution in [0.1, 0.15) is 32.3 Å². The Kier molecular flexibility index (Phi) is 5.26. The Morgan fingerprint density at radius 2 is 2.06 bits per heavy atom. The van der Waals surface area contributed by atoms with Gasteiger partial charge in [-0.2, -0.15) is 0 Å². The zero-order valence-corrected chi connectivity index (χ0v) is 10.2. The highest BCUT2D eigenvalue weighted by Crippen LogP contribution is 2.23. The van der Waals surface area contributed by atoms with Gasteiger partial charge in [-0.05, 0) is 25.5 Å². The Hall–Kier alpha value is -1.09. The molecule has 3 heteroatoms. The third-order valence-corrected chi connectivity index (χ3v) is 2.80. The van der Waals surface area contributed by atoms with Crippen molar-refractivity contribution >= 4 is 5.69 Å². The molecule has 0 bridgehead atoms. The Bertz CT molecular complexity index is 326. The fourth-order valence-corrected chi connectivity index (χ4v) is 1.84. The van der Waals surface area contributed by atoms with E-state index in [1.807, 2.05) is 6.07 Å². The molecule has 0 saturated carbocycles. The number of rotatable bonds is 6. The van der Waals surface area contributed by atoms with Gasteiger partial charge in [0, 0.05) is 30.9 Å². The molecule has 0 saturated heterocycles. The van der Waals surface area contributed by atoms with E-state index in [9.17, 15) is 4.39 Å². The van der Waals surface area contributed by atoms with Crippen molar-refractivity contribution in [1.29, 1.82) is 0 Å². The number of hydrogen-bond acceptors (Lipinski definition) is 2. The van der Waals surface area contributed by atoms with Gasteiger partial charge in [0.1, 0.15) is 5.82 Å². The fraction of sp³-hybridized carbons (Fsp3) is 0.538. The highest BCUT2D eigenvalue weighted by Gasteiger charge is 2.11. The first-order valence-corrected chi connectivity index (χ1v) is 5.97. The van der Waals surface area contributed by atoms with E-state index in [1.54, 1.807) is 6.07 Å². The van der Waals surface area contributed by atoms with E-state index in [0.29, 0.717) is 5.56 Å². The van der Waals surface area contributed by atoms with Crippen LogP contribution in [0.25, 0.3) is 0 Å². The maximum absolute atomic E-state index is 13.6.